The van der Waals surface area contributed by atoms with Gasteiger partial charge in [-0.3, -0.25) is 28.9 Å². The zero-order valence-electron chi connectivity index (χ0n) is 19.1. The molecule has 2 aromatic rings. The van der Waals surface area contributed by atoms with Crippen LogP contribution in [0.5, 0.6) is 5.75 Å². The van der Waals surface area contributed by atoms with Crippen molar-refractivity contribution in [2.75, 3.05) is 19.8 Å². The van der Waals surface area contributed by atoms with Crippen molar-refractivity contribution in [1.29, 1.82) is 0 Å². The third-order valence-electron chi connectivity index (χ3n) is 7.94. The molecule has 1 amide bonds. The maximum atomic E-state index is 13.7. The van der Waals surface area contributed by atoms with Gasteiger partial charge in [-0.2, -0.15) is 0 Å². The van der Waals surface area contributed by atoms with E-state index >= 15 is 0 Å². The van der Waals surface area contributed by atoms with Gasteiger partial charge in [0.25, 0.3) is 0 Å². The lowest BCUT2D eigenvalue weighted by atomic mass is 9.52. The molecule has 10 nitrogen and oxygen atoms in total. The van der Waals surface area contributed by atoms with E-state index in [0.29, 0.717) is 22.0 Å². The van der Waals surface area contributed by atoms with Crippen molar-refractivity contribution < 1.29 is 34.2 Å². The molecule has 0 bridgehead atoms. The van der Waals surface area contributed by atoms with Crippen molar-refractivity contribution in [1.82, 2.24) is 4.90 Å². The van der Waals surface area contributed by atoms with E-state index in [1.165, 1.54) is 4.90 Å². The van der Waals surface area contributed by atoms with Crippen LogP contribution in [0.2, 0.25) is 0 Å². The van der Waals surface area contributed by atoms with E-state index < -0.39 is 64.4 Å². The Balaban J connectivity index is 1.68. The number of phenols is 1. The number of nitrogen functional groups attached to an aromatic ring is 1. The van der Waals surface area contributed by atoms with Gasteiger partial charge in [-0.15, -0.1) is 0 Å². The molecule has 2 fully saturated rings. The van der Waals surface area contributed by atoms with Crippen molar-refractivity contribution in [3.05, 3.63) is 35.4 Å². The van der Waals surface area contributed by atoms with Gasteiger partial charge in [0.05, 0.1) is 17.5 Å². The Labute approximate surface area is 199 Å². The van der Waals surface area contributed by atoms with Gasteiger partial charge in [0, 0.05) is 22.4 Å². The van der Waals surface area contributed by atoms with Gasteiger partial charge in [-0.1, -0.05) is 12.1 Å². The van der Waals surface area contributed by atoms with Gasteiger partial charge in [-0.25, -0.2) is 0 Å². The Morgan fingerprint density at radius 1 is 1.11 bits per heavy atom. The van der Waals surface area contributed by atoms with Gasteiger partial charge in [0.2, 0.25) is 5.91 Å². The average Bonchev–Trinajstić information content (AvgIpc) is 2.76. The summed E-state index contributed by atoms with van der Waals surface area (Å²) in [6.07, 6.45) is 0.205. The molecule has 0 heterocycles. The van der Waals surface area contributed by atoms with E-state index in [4.69, 9.17) is 11.5 Å². The summed E-state index contributed by atoms with van der Waals surface area (Å²) in [6.45, 7) is 0. The van der Waals surface area contributed by atoms with Crippen molar-refractivity contribution in [2.24, 2.45) is 29.4 Å². The summed E-state index contributed by atoms with van der Waals surface area (Å²) in [4.78, 5) is 67.1. The lowest BCUT2D eigenvalue weighted by Crippen LogP contribution is -2.74. The van der Waals surface area contributed by atoms with Gasteiger partial charge >= 0.3 is 0 Å². The maximum Gasteiger partial charge on any atom is 0.235 e. The molecule has 6 unspecified atom stereocenters. The monoisotopic (exact) mass is 479 g/mol. The van der Waals surface area contributed by atoms with Crippen LogP contribution in [-0.2, 0) is 25.6 Å². The number of benzene rings is 2. The van der Waals surface area contributed by atoms with Crippen LogP contribution in [0.3, 0.4) is 0 Å². The SMILES string of the molecule is CN(C)C1C(=O)C(C(N)=O)C(=O)C2(O)C(=O)C3C(=O)c4c(cc5c(N)cccc5c4O)CC3CC12. The second-order valence-corrected chi connectivity index (χ2v) is 9.99. The highest BCUT2D eigenvalue weighted by Gasteiger charge is 2.69. The summed E-state index contributed by atoms with van der Waals surface area (Å²) in [6, 6.07) is 5.48. The maximum absolute atomic E-state index is 13.7. The highest BCUT2D eigenvalue weighted by molar-refractivity contribution is 6.32. The largest absolute Gasteiger partial charge is 0.507 e. The highest BCUT2D eigenvalue weighted by Crippen LogP contribution is 2.51. The summed E-state index contributed by atoms with van der Waals surface area (Å²) in [5.74, 6) is -10.6. The zero-order valence-corrected chi connectivity index (χ0v) is 19.1. The Morgan fingerprint density at radius 2 is 1.80 bits per heavy atom. The molecule has 182 valence electrons. The minimum absolute atomic E-state index is 0.00691. The van der Waals surface area contributed by atoms with Gasteiger partial charge < -0.3 is 21.7 Å². The number of hydrogen-bond acceptors (Lipinski definition) is 9. The van der Waals surface area contributed by atoms with Crippen LogP contribution >= 0.6 is 0 Å². The molecule has 35 heavy (non-hydrogen) atoms. The number of Topliss-reactive ketones (excluding diaryl/α,β-unsaturated/α-hetero) is 4. The third-order valence-corrected chi connectivity index (χ3v) is 7.94. The molecule has 0 radical (unpaired) electrons. The van der Waals surface area contributed by atoms with E-state index in [1.807, 2.05) is 0 Å². The van der Waals surface area contributed by atoms with Crippen LogP contribution in [0.25, 0.3) is 10.8 Å². The number of rotatable bonds is 2. The van der Waals surface area contributed by atoms with Crippen molar-refractivity contribution >= 4 is 45.5 Å². The molecule has 6 N–H and O–H groups in total. The molecule has 5 rings (SSSR count). The fourth-order valence-corrected chi connectivity index (χ4v) is 6.42. The predicted octanol–water partition coefficient (Wildman–Crippen LogP) is -0.398. The normalized spacial score (nSPS) is 32.4. The van der Waals surface area contributed by atoms with E-state index in [9.17, 15) is 34.2 Å². The van der Waals surface area contributed by atoms with Crippen LogP contribution in [0.4, 0.5) is 5.69 Å². The number of phenolic OH excluding ortho intramolecular Hbond substituents is 1. The third kappa shape index (κ3) is 2.86. The number of nitrogens with zero attached hydrogens (tertiary/aromatic N) is 1. The molecule has 2 aromatic carbocycles. The van der Waals surface area contributed by atoms with Crippen molar-refractivity contribution in [2.45, 2.75) is 24.5 Å². The lowest BCUT2D eigenvalue weighted by Gasteiger charge is -2.52. The predicted molar refractivity (Wildman–Crippen MR) is 123 cm³/mol. The first-order chi connectivity index (χ1) is 16.4. The first kappa shape index (κ1) is 23.1. The molecule has 0 spiro atoms. The standard InChI is InChI=1S/C25H25N3O7/c1-28(2)18-13-8-10-6-9-7-12-11(4-3-5-14(12)26)19(29)15(9)20(30)16(10)22(32)25(13,35)23(33)17(21(18)31)24(27)34/h3-5,7,10,13,16-18,29,35H,6,8,26H2,1-2H3,(H2,27,34). The number of hydrogen-bond donors (Lipinski definition) is 4. The van der Waals surface area contributed by atoms with Gasteiger partial charge in [0.1, 0.15) is 5.75 Å². The quantitative estimate of drug-likeness (QED) is 0.329. The first-order valence-electron chi connectivity index (χ1n) is 11.3. The van der Waals surface area contributed by atoms with Gasteiger partial charge in [0.15, 0.2) is 34.7 Å². The smallest absolute Gasteiger partial charge is 0.235 e. The molecule has 6 atom stereocenters. The molecule has 10 heteroatoms. The van der Waals surface area contributed by atoms with Crippen LogP contribution < -0.4 is 11.5 Å². The lowest BCUT2D eigenvalue weighted by molar-refractivity contribution is -0.181. The minimum Gasteiger partial charge on any atom is -0.507 e. The zero-order chi connectivity index (χ0) is 25.6. The topological polar surface area (TPSA) is 181 Å². The number of carbonyl (C=O) groups excluding carboxylic acids is 5. The summed E-state index contributed by atoms with van der Waals surface area (Å²) in [5.41, 5.74) is 9.52. The minimum atomic E-state index is -2.73. The average molecular weight is 479 g/mol. The fourth-order valence-electron chi connectivity index (χ4n) is 6.42. The summed E-state index contributed by atoms with van der Waals surface area (Å²) >= 11 is 0. The van der Waals surface area contributed by atoms with Crippen LogP contribution in [0, 0.1) is 23.7 Å². The van der Waals surface area contributed by atoms with Crippen LogP contribution in [0.15, 0.2) is 24.3 Å². The number of nitrogens with two attached hydrogens (primary N) is 2. The molecule has 3 aliphatic carbocycles. The molecular formula is C25H25N3O7. The molecule has 0 aliphatic heterocycles. The van der Waals surface area contributed by atoms with Crippen molar-refractivity contribution in [3.8, 4) is 5.75 Å². The Kier molecular flexibility index (Phi) is 4.91. The molecular weight excluding hydrogens is 454 g/mol. The number of anilines is 1. The molecule has 3 aliphatic rings. The molecule has 0 saturated heterocycles. The van der Waals surface area contributed by atoms with Gasteiger partial charge in [-0.05, 0) is 50.6 Å². The fraction of sp³-hybridized carbons (Fsp3) is 0.400. The number of likely N-dealkylation sites (N-methyl/N-ethyl adjacent to an activating group) is 1. The first-order valence-corrected chi connectivity index (χ1v) is 11.3. The number of primary amides is 1. The molecule has 2 saturated carbocycles. The number of carbonyl (C=O) groups is 5. The second-order valence-electron chi connectivity index (χ2n) is 9.99. The number of fused-ring (bicyclic) bond motifs is 4. The Bertz CT molecular complexity index is 1370. The van der Waals surface area contributed by atoms with Crippen LogP contribution in [0.1, 0.15) is 22.3 Å². The summed E-state index contributed by atoms with van der Waals surface area (Å²) in [7, 11) is 3.09. The summed E-state index contributed by atoms with van der Waals surface area (Å²) < 4.78 is 0. The van der Waals surface area contributed by atoms with Crippen LogP contribution in [-0.4, -0.2) is 69.9 Å². The Morgan fingerprint density at radius 3 is 2.43 bits per heavy atom. The number of aromatic hydroxyl groups is 1. The second kappa shape index (κ2) is 7.43. The Hall–Kier alpha value is -3.63. The summed E-state index contributed by atoms with van der Waals surface area (Å²) in [5, 5.41) is 23.4. The van der Waals surface area contributed by atoms with E-state index in [2.05, 4.69) is 0 Å². The van der Waals surface area contributed by atoms with Crippen molar-refractivity contribution in [3.63, 3.8) is 0 Å². The number of aliphatic hydroxyl groups is 1. The van der Waals surface area contributed by atoms with E-state index in [1.54, 1.807) is 38.4 Å². The van der Waals surface area contributed by atoms with E-state index in [-0.39, 0.29) is 24.2 Å². The molecule has 0 aromatic heterocycles. The highest BCUT2D eigenvalue weighted by atomic mass is 16.3. The van der Waals surface area contributed by atoms with E-state index in [0.717, 1.165) is 0 Å². The number of amides is 1. The number of ketones is 4.